The van der Waals surface area contributed by atoms with Gasteiger partial charge in [0, 0.05) is 41.6 Å². The van der Waals surface area contributed by atoms with Crippen molar-refractivity contribution in [3.63, 3.8) is 0 Å². The molecule has 0 spiro atoms. The van der Waals surface area contributed by atoms with Crippen LogP contribution in [0.1, 0.15) is 80.6 Å². The molecule has 0 radical (unpaired) electrons. The predicted octanol–water partition coefficient (Wildman–Crippen LogP) is 4.38. The van der Waals surface area contributed by atoms with E-state index < -0.39 is 82.2 Å². The van der Waals surface area contributed by atoms with Crippen LogP contribution < -0.4 is 0 Å². The lowest BCUT2D eigenvalue weighted by Gasteiger charge is -2.53. The third kappa shape index (κ3) is 4.83. The van der Waals surface area contributed by atoms with Crippen LogP contribution in [-0.4, -0.2) is 62.6 Å². The van der Waals surface area contributed by atoms with E-state index in [1.165, 1.54) is 6.08 Å². The molecular formula is C34H48O8. The van der Waals surface area contributed by atoms with Crippen LogP contribution in [0, 0.1) is 35.0 Å². The van der Waals surface area contributed by atoms with Crippen LogP contribution in [0.2, 0.25) is 0 Å². The summed E-state index contributed by atoms with van der Waals surface area (Å²) in [5.41, 5.74) is -4.94. The summed E-state index contributed by atoms with van der Waals surface area (Å²) < 4.78 is 12.4. The normalized spacial score (nSPS) is 38.5. The highest BCUT2D eigenvalue weighted by atomic mass is 16.6. The Kier molecular flexibility index (Phi) is 8.87. The van der Waals surface area contributed by atoms with Gasteiger partial charge in [-0.15, -0.1) is 0 Å². The second-order valence-corrected chi connectivity index (χ2v) is 13.7. The minimum Gasteiger partial charge on any atom is -0.455 e. The zero-order valence-corrected chi connectivity index (χ0v) is 26.1. The molecule has 0 saturated heterocycles. The van der Waals surface area contributed by atoms with Gasteiger partial charge in [0.05, 0.1) is 18.1 Å². The fraction of sp³-hybridized carbons (Fsp3) is 0.676. The van der Waals surface area contributed by atoms with Crippen molar-refractivity contribution in [2.45, 2.75) is 103 Å². The van der Waals surface area contributed by atoms with Crippen LogP contribution in [-0.2, 0) is 23.9 Å². The molecule has 8 heteroatoms. The molecule has 4 aliphatic carbocycles. The fourth-order valence-electron chi connectivity index (χ4n) is 8.09. The number of carbonyl (C=O) groups is 3. The molecule has 0 aromatic carbocycles. The van der Waals surface area contributed by atoms with Gasteiger partial charge in [0.2, 0.25) is 0 Å². The number of unbranched alkanes of at least 4 members (excludes halogenated alkanes) is 3. The highest BCUT2D eigenvalue weighted by Crippen LogP contribution is 2.77. The molecule has 2 fully saturated rings. The molecule has 0 amide bonds. The van der Waals surface area contributed by atoms with E-state index in [1.807, 2.05) is 19.9 Å². The predicted molar refractivity (Wildman–Crippen MR) is 158 cm³/mol. The van der Waals surface area contributed by atoms with Crippen molar-refractivity contribution in [3.05, 3.63) is 47.6 Å². The van der Waals surface area contributed by atoms with Gasteiger partial charge in [0.1, 0.15) is 11.7 Å². The summed E-state index contributed by atoms with van der Waals surface area (Å²) in [6.07, 6.45) is 13.1. The van der Waals surface area contributed by atoms with E-state index in [1.54, 1.807) is 52.0 Å². The number of hydrogen-bond donors (Lipinski definition) is 3. The first-order valence-corrected chi connectivity index (χ1v) is 15.4. The fourth-order valence-corrected chi connectivity index (χ4v) is 8.09. The number of ether oxygens (including phenoxy) is 2. The molecule has 8 nitrogen and oxygen atoms in total. The molecule has 232 valence electrons. The number of allylic oxidation sites excluding steroid dienone is 3. The van der Waals surface area contributed by atoms with Gasteiger partial charge in [-0.1, -0.05) is 84.8 Å². The monoisotopic (exact) mass is 584 g/mol. The van der Waals surface area contributed by atoms with E-state index in [0.29, 0.717) is 11.1 Å². The maximum Gasteiger partial charge on any atom is 0.331 e. The third-order valence-electron chi connectivity index (χ3n) is 10.4. The molecule has 3 N–H and O–H groups in total. The molecule has 0 aromatic heterocycles. The highest BCUT2D eigenvalue weighted by Gasteiger charge is 2.88. The van der Waals surface area contributed by atoms with E-state index in [2.05, 4.69) is 6.92 Å². The van der Waals surface area contributed by atoms with Crippen molar-refractivity contribution >= 4 is 17.7 Å². The van der Waals surface area contributed by atoms with Crippen molar-refractivity contribution < 1.29 is 39.2 Å². The Balaban J connectivity index is 1.78. The van der Waals surface area contributed by atoms with Crippen LogP contribution in [0.15, 0.2) is 47.6 Å². The Labute approximate surface area is 249 Å². The first-order valence-electron chi connectivity index (χ1n) is 15.4. The molecule has 8 atom stereocenters. The van der Waals surface area contributed by atoms with Crippen LogP contribution in [0.25, 0.3) is 0 Å². The number of hydrogen-bond acceptors (Lipinski definition) is 8. The number of Topliss-reactive ketones (excluding diaryl/α,β-unsaturated/α-hetero) is 1. The minimum absolute atomic E-state index is 0.129. The molecule has 0 aliphatic heterocycles. The van der Waals surface area contributed by atoms with Crippen LogP contribution in [0.3, 0.4) is 0 Å². The van der Waals surface area contributed by atoms with Gasteiger partial charge in [0.25, 0.3) is 0 Å². The number of carbonyl (C=O) groups excluding carboxylic acids is 3. The molecular weight excluding hydrogens is 536 g/mol. The van der Waals surface area contributed by atoms with Crippen molar-refractivity contribution in [2.24, 2.45) is 35.0 Å². The van der Waals surface area contributed by atoms with Crippen molar-refractivity contribution in [3.8, 4) is 0 Å². The standard InChI is InChI=1S/C34H48O8/c1-8-9-10-11-12-13-14-15-26(36)41-29-22(5)33(40)24(27-31(6,7)34(27,29)42-30(38)20(2)3)17-23(19-35)18-32(39)25(33)16-21(4)28(32)37/h12-17,20,22,24-25,27,29,35,39-40H,8-11,18-19H2,1-7H3/b13-12-,15-14+/t22-,24+,25-,27-,29-,32-,33-,34-/m1/s1. The molecule has 0 bridgehead atoms. The molecule has 42 heavy (non-hydrogen) atoms. The lowest BCUT2D eigenvalue weighted by atomic mass is 9.59. The van der Waals surface area contributed by atoms with Crippen molar-refractivity contribution in [2.75, 3.05) is 6.61 Å². The minimum atomic E-state index is -1.96. The number of rotatable bonds is 10. The summed E-state index contributed by atoms with van der Waals surface area (Å²) in [5, 5.41) is 34.8. The lowest BCUT2D eigenvalue weighted by Crippen LogP contribution is -2.66. The zero-order chi connectivity index (χ0) is 31.3. The van der Waals surface area contributed by atoms with Gasteiger partial charge in [-0.05, 0) is 30.9 Å². The second kappa shape index (κ2) is 11.5. The Morgan fingerprint density at radius 3 is 2.45 bits per heavy atom. The Morgan fingerprint density at radius 1 is 1.14 bits per heavy atom. The van der Waals surface area contributed by atoms with Crippen molar-refractivity contribution in [1.82, 2.24) is 0 Å². The van der Waals surface area contributed by atoms with Crippen LogP contribution in [0.4, 0.5) is 0 Å². The highest BCUT2D eigenvalue weighted by molar-refractivity contribution is 6.04. The van der Waals surface area contributed by atoms with E-state index >= 15 is 0 Å². The average molecular weight is 585 g/mol. The Bertz CT molecular complexity index is 1220. The molecule has 4 aliphatic rings. The lowest BCUT2D eigenvalue weighted by molar-refractivity contribution is -0.228. The molecule has 4 rings (SSSR count). The van der Waals surface area contributed by atoms with E-state index in [9.17, 15) is 29.7 Å². The van der Waals surface area contributed by atoms with E-state index in [-0.39, 0.29) is 6.42 Å². The third-order valence-corrected chi connectivity index (χ3v) is 10.4. The molecule has 0 heterocycles. The van der Waals surface area contributed by atoms with E-state index in [0.717, 1.165) is 25.7 Å². The molecule has 2 saturated carbocycles. The molecule has 0 aromatic rings. The van der Waals surface area contributed by atoms with Gasteiger partial charge in [0.15, 0.2) is 11.4 Å². The number of fused-ring (bicyclic) bond motifs is 5. The smallest absolute Gasteiger partial charge is 0.331 e. The van der Waals surface area contributed by atoms with Gasteiger partial charge in [-0.25, -0.2) is 4.79 Å². The Hall–Kier alpha value is -2.55. The number of aliphatic hydroxyl groups is 3. The van der Waals surface area contributed by atoms with Gasteiger partial charge >= 0.3 is 11.9 Å². The summed E-state index contributed by atoms with van der Waals surface area (Å²) in [5.74, 6) is -5.11. The zero-order valence-electron chi connectivity index (χ0n) is 26.1. The number of aliphatic hydroxyl groups excluding tert-OH is 1. The van der Waals surface area contributed by atoms with Gasteiger partial charge < -0.3 is 24.8 Å². The van der Waals surface area contributed by atoms with Crippen LogP contribution in [0.5, 0.6) is 0 Å². The summed E-state index contributed by atoms with van der Waals surface area (Å²) in [6, 6.07) is 0. The second-order valence-electron chi connectivity index (χ2n) is 13.7. The summed E-state index contributed by atoms with van der Waals surface area (Å²) in [4.78, 5) is 39.6. The Morgan fingerprint density at radius 2 is 1.83 bits per heavy atom. The maximum absolute atomic E-state index is 13.3. The van der Waals surface area contributed by atoms with Gasteiger partial charge in [-0.3, -0.25) is 9.59 Å². The largest absolute Gasteiger partial charge is 0.455 e. The molecule has 0 unspecified atom stereocenters. The number of esters is 2. The summed E-state index contributed by atoms with van der Waals surface area (Å²) in [6.45, 7) is 12.4. The van der Waals surface area contributed by atoms with E-state index in [4.69, 9.17) is 9.47 Å². The quantitative estimate of drug-likeness (QED) is 0.113. The summed E-state index contributed by atoms with van der Waals surface area (Å²) >= 11 is 0. The first kappa shape index (κ1) is 32.4. The average Bonchev–Trinajstić information content (AvgIpc) is 3.36. The number of ketones is 1. The van der Waals surface area contributed by atoms with Crippen LogP contribution >= 0.6 is 0 Å². The topological polar surface area (TPSA) is 130 Å². The SMILES string of the molecule is CCCCC/C=C\C=C\C(=O)O[C@@H]1[C@@H](C)[C@@]2(O)[C@@H](C=C(CO)C[C@]3(O)C(=O)C(C)=C[C@@H]23)[C@@H]2C(C)(C)[C@]12OC(=O)C(C)C. The van der Waals surface area contributed by atoms with Gasteiger partial charge in [-0.2, -0.15) is 0 Å². The van der Waals surface area contributed by atoms with Crippen molar-refractivity contribution in [1.29, 1.82) is 0 Å². The summed E-state index contributed by atoms with van der Waals surface area (Å²) in [7, 11) is 0. The maximum atomic E-state index is 13.3. The first-order chi connectivity index (χ1) is 19.6.